The van der Waals surface area contributed by atoms with Crippen LogP contribution in [-0.4, -0.2) is 48.9 Å². The fourth-order valence-electron chi connectivity index (χ4n) is 7.31. The number of aromatic nitrogens is 6. The number of rotatable bonds is 12. The average Bonchev–Trinajstić information content (AvgIpc) is 3.85. The van der Waals surface area contributed by atoms with Crippen molar-refractivity contribution in [3.8, 4) is 28.5 Å². The summed E-state index contributed by atoms with van der Waals surface area (Å²) in [5.41, 5.74) is 7.90. The number of hydrogen-bond donors (Lipinski definition) is 0. The van der Waals surface area contributed by atoms with E-state index >= 15 is 0 Å². The molecule has 0 aliphatic heterocycles. The molecule has 8 rings (SSSR count). The number of carbonyl (C=O) groups excluding carboxylic acids is 1. The van der Waals surface area contributed by atoms with E-state index in [1.807, 2.05) is 58.6 Å². The molecule has 8 aromatic rings. The normalized spacial score (nSPS) is 11.4. The van der Waals surface area contributed by atoms with Gasteiger partial charge in [0.25, 0.3) is 6.01 Å². The van der Waals surface area contributed by atoms with Gasteiger partial charge in [-0.1, -0.05) is 146 Å². The SMILES string of the molecule is CCOC(=O)c1cccc2nc(OCC)n(Cc3ccc(-c4ccccc4-c4nnnn4C(c4ccccc4)(c4ccccc4)c4ccccc4)cc3)c12. The van der Waals surface area contributed by atoms with Crippen LogP contribution in [0.4, 0.5) is 0 Å². The van der Waals surface area contributed by atoms with E-state index in [0.29, 0.717) is 41.6 Å². The van der Waals surface area contributed by atoms with E-state index in [0.717, 1.165) is 38.9 Å². The molecular formula is C45H38N6O3. The number of ether oxygens (including phenoxy) is 2. The molecule has 0 radical (unpaired) electrons. The third-order valence-electron chi connectivity index (χ3n) is 9.64. The monoisotopic (exact) mass is 710 g/mol. The van der Waals surface area contributed by atoms with E-state index < -0.39 is 11.5 Å². The minimum absolute atomic E-state index is 0.280. The number of benzene rings is 6. The molecule has 0 atom stereocenters. The summed E-state index contributed by atoms with van der Waals surface area (Å²) < 4.78 is 15.2. The number of carbonyl (C=O) groups is 1. The van der Waals surface area contributed by atoms with Gasteiger partial charge < -0.3 is 9.47 Å². The molecule has 0 saturated carbocycles. The maximum absolute atomic E-state index is 13.0. The molecule has 0 aliphatic rings. The number of esters is 1. The quantitative estimate of drug-likeness (QED) is 0.0924. The standard InChI is InChI=1S/C45H38N6O3/c1-3-53-43(52)39-25-16-26-40-41(39)50(44(46-40)54-4-2)31-32-27-29-33(30-28-32)37-23-14-15-24-38(37)42-47-48-49-51(42)45(34-17-8-5-9-18-34,35-19-10-6-11-20-35)36-21-12-7-13-22-36/h5-30H,3-4,31H2,1-2H3. The predicted molar refractivity (Wildman–Crippen MR) is 209 cm³/mol. The Labute approximate surface area is 313 Å². The first-order valence-corrected chi connectivity index (χ1v) is 18.1. The molecular weight excluding hydrogens is 673 g/mol. The summed E-state index contributed by atoms with van der Waals surface area (Å²) in [5.74, 6) is 0.237. The molecule has 0 fully saturated rings. The van der Waals surface area contributed by atoms with E-state index in [2.05, 4.69) is 114 Å². The third-order valence-corrected chi connectivity index (χ3v) is 9.64. The maximum Gasteiger partial charge on any atom is 0.340 e. The van der Waals surface area contributed by atoms with Gasteiger partial charge in [-0.25, -0.2) is 9.48 Å². The Hall–Kier alpha value is -6.87. The van der Waals surface area contributed by atoms with Gasteiger partial charge in [-0.2, -0.15) is 4.98 Å². The smallest absolute Gasteiger partial charge is 0.340 e. The fourth-order valence-corrected chi connectivity index (χ4v) is 7.31. The van der Waals surface area contributed by atoms with Gasteiger partial charge in [0.15, 0.2) is 5.82 Å². The van der Waals surface area contributed by atoms with E-state index in [1.54, 1.807) is 13.0 Å². The summed E-state index contributed by atoms with van der Waals surface area (Å²) in [5, 5.41) is 13.8. The van der Waals surface area contributed by atoms with Gasteiger partial charge in [-0.05, 0) is 69.8 Å². The van der Waals surface area contributed by atoms with Crippen LogP contribution in [0.2, 0.25) is 0 Å². The second-order valence-electron chi connectivity index (χ2n) is 12.8. The molecule has 0 bridgehead atoms. The van der Waals surface area contributed by atoms with E-state index in [4.69, 9.17) is 24.8 Å². The van der Waals surface area contributed by atoms with Gasteiger partial charge in [0.05, 0.1) is 36.4 Å². The first kappa shape index (κ1) is 34.2. The molecule has 0 unspecified atom stereocenters. The second-order valence-corrected chi connectivity index (χ2v) is 12.8. The number of tetrazole rings is 1. The minimum Gasteiger partial charge on any atom is -0.465 e. The van der Waals surface area contributed by atoms with E-state index in [9.17, 15) is 4.79 Å². The summed E-state index contributed by atoms with van der Waals surface area (Å²) >= 11 is 0. The molecule has 0 saturated heterocycles. The van der Waals surface area contributed by atoms with Crippen LogP contribution in [0.3, 0.4) is 0 Å². The van der Waals surface area contributed by atoms with Crippen LogP contribution in [0.1, 0.15) is 46.5 Å². The Morgan fingerprint density at radius 1 is 0.648 bits per heavy atom. The first-order valence-electron chi connectivity index (χ1n) is 18.1. The van der Waals surface area contributed by atoms with Gasteiger partial charge in [0, 0.05) is 5.56 Å². The topological polar surface area (TPSA) is 97.0 Å². The van der Waals surface area contributed by atoms with Crippen molar-refractivity contribution < 1.29 is 14.3 Å². The van der Waals surface area contributed by atoms with Crippen molar-refractivity contribution in [2.75, 3.05) is 13.2 Å². The van der Waals surface area contributed by atoms with Crippen LogP contribution < -0.4 is 4.74 Å². The van der Waals surface area contributed by atoms with Gasteiger partial charge in [0.2, 0.25) is 0 Å². The minimum atomic E-state index is -0.881. The Balaban J connectivity index is 1.23. The van der Waals surface area contributed by atoms with Crippen molar-refractivity contribution in [1.29, 1.82) is 0 Å². The zero-order chi connectivity index (χ0) is 36.9. The molecule has 0 N–H and O–H groups in total. The summed E-state index contributed by atoms with van der Waals surface area (Å²) in [7, 11) is 0. The van der Waals surface area contributed by atoms with Crippen molar-refractivity contribution >= 4 is 17.0 Å². The van der Waals surface area contributed by atoms with Gasteiger partial charge in [-0.15, -0.1) is 5.10 Å². The number of nitrogens with zero attached hydrogens (tertiary/aromatic N) is 6. The van der Waals surface area contributed by atoms with Gasteiger partial charge in [0.1, 0.15) is 5.54 Å². The highest BCUT2D eigenvalue weighted by Gasteiger charge is 2.42. The Morgan fingerprint density at radius 2 is 1.24 bits per heavy atom. The lowest BCUT2D eigenvalue weighted by atomic mass is 9.77. The second kappa shape index (κ2) is 15.0. The molecule has 2 heterocycles. The Kier molecular flexibility index (Phi) is 9.51. The Bertz CT molecular complexity index is 2420. The van der Waals surface area contributed by atoms with Crippen LogP contribution in [0.15, 0.2) is 158 Å². The molecule has 9 heteroatoms. The molecule has 0 spiro atoms. The molecule has 6 aromatic carbocycles. The van der Waals surface area contributed by atoms with Crippen LogP contribution in [0, 0.1) is 0 Å². The lowest BCUT2D eigenvalue weighted by molar-refractivity contribution is 0.0528. The van der Waals surface area contributed by atoms with E-state index in [-0.39, 0.29) is 6.61 Å². The lowest BCUT2D eigenvalue weighted by Gasteiger charge is -2.36. The largest absolute Gasteiger partial charge is 0.465 e. The summed E-state index contributed by atoms with van der Waals surface area (Å²) in [6.07, 6.45) is 0. The first-order chi connectivity index (χ1) is 26.6. The van der Waals surface area contributed by atoms with Crippen LogP contribution in [0.25, 0.3) is 33.5 Å². The van der Waals surface area contributed by atoms with Crippen LogP contribution in [-0.2, 0) is 16.8 Å². The molecule has 0 amide bonds. The van der Waals surface area contributed by atoms with Crippen LogP contribution in [0.5, 0.6) is 6.01 Å². The maximum atomic E-state index is 13.0. The third kappa shape index (κ3) is 6.09. The van der Waals surface area contributed by atoms with Crippen LogP contribution >= 0.6 is 0 Å². The number of hydrogen-bond acceptors (Lipinski definition) is 7. The van der Waals surface area contributed by atoms with Gasteiger partial charge in [-0.3, -0.25) is 4.57 Å². The van der Waals surface area contributed by atoms with Crippen molar-refractivity contribution in [2.24, 2.45) is 0 Å². The van der Waals surface area contributed by atoms with Gasteiger partial charge >= 0.3 is 5.97 Å². The molecule has 2 aromatic heterocycles. The van der Waals surface area contributed by atoms with Crippen molar-refractivity contribution in [1.82, 2.24) is 29.8 Å². The predicted octanol–water partition coefficient (Wildman–Crippen LogP) is 8.82. The average molecular weight is 711 g/mol. The molecule has 0 aliphatic carbocycles. The molecule has 9 nitrogen and oxygen atoms in total. The molecule has 54 heavy (non-hydrogen) atoms. The van der Waals surface area contributed by atoms with Crippen molar-refractivity contribution in [2.45, 2.75) is 25.9 Å². The number of fused-ring (bicyclic) bond motifs is 1. The van der Waals surface area contributed by atoms with E-state index in [1.165, 1.54) is 0 Å². The summed E-state index contributed by atoms with van der Waals surface area (Å²) in [6, 6.07) is 53.7. The van der Waals surface area contributed by atoms with Crippen molar-refractivity contribution in [3.05, 3.63) is 186 Å². The zero-order valence-electron chi connectivity index (χ0n) is 30.0. The number of para-hydroxylation sites is 1. The lowest BCUT2D eigenvalue weighted by Crippen LogP contribution is -2.39. The number of imidazole rings is 1. The fraction of sp³-hybridized carbons (Fsp3) is 0.133. The molecule has 266 valence electrons. The Morgan fingerprint density at radius 3 is 1.83 bits per heavy atom. The summed E-state index contributed by atoms with van der Waals surface area (Å²) in [4.78, 5) is 17.7. The van der Waals surface area contributed by atoms with Crippen molar-refractivity contribution in [3.63, 3.8) is 0 Å². The summed E-state index contributed by atoms with van der Waals surface area (Å²) in [6.45, 7) is 4.88. The highest BCUT2D eigenvalue weighted by atomic mass is 16.5. The highest BCUT2D eigenvalue weighted by Crippen LogP contribution is 2.43. The zero-order valence-corrected chi connectivity index (χ0v) is 30.0. The highest BCUT2D eigenvalue weighted by molar-refractivity contribution is 6.02.